The Labute approximate surface area is 145 Å². The molecule has 7 heteroatoms. The Hall–Kier alpha value is -2.08. The molecule has 24 heavy (non-hydrogen) atoms. The van der Waals surface area contributed by atoms with E-state index in [0.29, 0.717) is 18.1 Å². The van der Waals surface area contributed by atoms with Crippen LogP contribution in [-0.4, -0.2) is 27.3 Å². The van der Waals surface area contributed by atoms with Crippen molar-refractivity contribution in [3.8, 4) is 5.75 Å². The van der Waals surface area contributed by atoms with Gasteiger partial charge in [-0.1, -0.05) is 11.6 Å². The molecule has 2 atom stereocenters. The van der Waals surface area contributed by atoms with E-state index in [1.807, 2.05) is 19.1 Å². The Morgan fingerprint density at radius 3 is 3.21 bits per heavy atom. The van der Waals surface area contributed by atoms with Crippen molar-refractivity contribution < 1.29 is 9.53 Å². The second-order valence-electron chi connectivity index (χ2n) is 6.42. The van der Waals surface area contributed by atoms with E-state index in [1.54, 1.807) is 6.07 Å². The highest BCUT2D eigenvalue weighted by Gasteiger charge is 2.29. The van der Waals surface area contributed by atoms with Crippen LogP contribution in [0.2, 0.25) is 5.02 Å². The molecule has 0 fully saturated rings. The van der Waals surface area contributed by atoms with Gasteiger partial charge in [0.15, 0.2) is 5.82 Å². The first-order valence-electron chi connectivity index (χ1n) is 8.25. The molecule has 1 aromatic carbocycles. The number of benzene rings is 1. The van der Waals surface area contributed by atoms with Gasteiger partial charge in [-0.15, -0.1) is 10.2 Å². The molecule has 0 bridgehead atoms. The third-order valence-electron chi connectivity index (χ3n) is 4.68. The third-order valence-corrected chi connectivity index (χ3v) is 4.92. The minimum Gasteiger partial charge on any atom is -0.492 e. The van der Waals surface area contributed by atoms with E-state index in [0.717, 1.165) is 42.3 Å². The Morgan fingerprint density at radius 2 is 2.33 bits per heavy atom. The van der Waals surface area contributed by atoms with Gasteiger partial charge in [-0.25, -0.2) is 0 Å². The lowest BCUT2D eigenvalue weighted by molar-refractivity contribution is -0.127. The number of hydrogen-bond acceptors (Lipinski definition) is 4. The van der Waals surface area contributed by atoms with Crippen molar-refractivity contribution in [3.05, 3.63) is 40.4 Å². The van der Waals surface area contributed by atoms with Gasteiger partial charge in [0.25, 0.3) is 0 Å². The van der Waals surface area contributed by atoms with E-state index in [1.165, 1.54) is 0 Å². The number of rotatable bonds is 3. The first-order chi connectivity index (χ1) is 11.6. The van der Waals surface area contributed by atoms with Crippen LogP contribution >= 0.6 is 11.6 Å². The standard InChI is InChI=1S/C17H19ClN4O2/c1-10(16-21-20-15-3-2-6-22(15)16)19-17(23)12-7-11-8-13(18)4-5-14(11)24-9-12/h4-5,8,10,12H,2-3,6-7,9H2,1H3,(H,19,23)/t10-,12+/m0/s1. The van der Waals surface area contributed by atoms with Crippen molar-refractivity contribution in [2.75, 3.05) is 6.61 Å². The largest absolute Gasteiger partial charge is 0.492 e. The van der Waals surface area contributed by atoms with E-state index in [9.17, 15) is 4.79 Å². The number of aromatic nitrogens is 3. The van der Waals surface area contributed by atoms with E-state index in [-0.39, 0.29) is 17.9 Å². The van der Waals surface area contributed by atoms with Crippen molar-refractivity contribution in [1.82, 2.24) is 20.1 Å². The van der Waals surface area contributed by atoms with Gasteiger partial charge >= 0.3 is 0 Å². The van der Waals surface area contributed by atoms with Crippen LogP contribution in [0.15, 0.2) is 18.2 Å². The first kappa shape index (κ1) is 15.4. The number of fused-ring (bicyclic) bond motifs is 2. The highest BCUT2D eigenvalue weighted by molar-refractivity contribution is 6.30. The molecule has 2 aliphatic heterocycles. The van der Waals surface area contributed by atoms with Crippen molar-refractivity contribution in [3.63, 3.8) is 0 Å². The summed E-state index contributed by atoms with van der Waals surface area (Å²) < 4.78 is 7.81. The average molecular weight is 347 g/mol. The van der Waals surface area contributed by atoms with Gasteiger partial charge < -0.3 is 14.6 Å². The molecule has 6 nitrogen and oxygen atoms in total. The summed E-state index contributed by atoms with van der Waals surface area (Å²) in [5, 5.41) is 12.1. The summed E-state index contributed by atoms with van der Waals surface area (Å²) in [6.07, 6.45) is 2.68. The van der Waals surface area contributed by atoms with Gasteiger partial charge in [0.2, 0.25) is 5.91 Å². The molecule has 0 saturated heterocycles. The smallest absolute Gasteiger partial charge is 0.227 e. The highest BCUT2D eigenvalue weighted by atomic mass is 35.5. The monoisotopic (exact) mass is 346 g/mol. The van der Waals surface area contributed by atoms with Gasteiger partial charge in [-0.05, 0) is 43.5 Å². The molecule has 0 radical (unpaired) electrons. The molecule has 2 aromatic rings. The summed E-state index contributed by atoms with van der Waals surface area (Å²) in [7, 11) is 0. The summed E-state index contributed by atoms with van der Waals surface area (Å²) in [4.78, 5) is 12.6. The fourth-order valence-electron chi connectivity index (χ4n) is 3.42. The van der Waals surface area contributed by atoms with Crippen LogP contribution in [0.5, 0.6) is 5.75 Å². The molecule has 2 aliphatic rings. The molecule has 0 unspecified atom stereocenters. The number of nitrogens with one attached hydrogen (secondary N) is 1. The van der Waals surface area contributed by atoms with Crippen LogP contribution in [-0.2, 0) is 24.2 Å². The number of hydrogen-bond donors (Lipinski definition) is 1. The number of aryl methyl sites for hydroxylation is 1. The molecule has 0 saturated carbocycles. The summed E-state index contributed by atoms with van der Waals surface area (Å²) in [6, 6.07) is 5.35. The van der Waals surface area contributed by atoms with Crippen molar-refractivity contribution >= 4 is 17.5 Å². The summed E-state index contributed by atoms with van der Waals surface area (Å²) in [6.45, 7) is 3.25. The number of amides is 1. The van der Waals surface area contributed by atoms with Crippen molar-refractivity contribution in [2.45, 2.75) is 38.8 Å². The Morgan fingerprint density at radius 1 is 1.46 bits per heavy atom. The van der Waals surface area contributed by atoms with Crippen LogP contribution in [0.3, 0.4) is 0 Å². The second kappa shape index (κ2) is 6.09. The van der Waals surface area contributed by atoms with E-state index in [2.05, 4.69) is 20.1 Å². The van der Waals surface area contributed by atoms with Gasteiger partial charge in [0.05, 0.1) is 12.0 Å². The zero-order chi connectivity index (χ0) is 16.7. The van der Waals surface area contributed by atoms with Crippen molar-refractivity contribution in [2.24, 2.45) is 5.92 Å². The van der Waals surface area contributed by atoms with Crippen molar-refractivity contribution in [1.29, 1.82) is 0 Å². The minimum absolute atomic E-state index is 0.0246. The van der Waals surface area contributed by atoms with Crippen LogP contribution in [0.25, 0.3) is 0 Å². The van der Waals surface area contributed by atoms with E-state index < -0.39 is 0 Å². The predicted molar refractivity (Wildman–Crippen MR) is 89.0 cm³/mol. The zero-order valence-corrected chi connectivity index (χ0v) is 14.2. The van der Waals surface area contributed by atoms with E-state index >= 15 is 0 Å². The minimum atomic E-state index is -0.223. The predicted octanol–water partition coefficient (Wildman–Crippen LogP) is 2.31. The summed E-state index contributed by atoms with van der Waals surface area (Å²) >= 11 is 6.04. The zero-order valence-electron chi connectivity index (χ0n) is 13.5. The van der Waals surface area contributed by atoms with Crippen LogP contribution in [0.4, 0.5) is 0 Å². The van der Waals surface area contributed by atoms with Crippen LogP contribution < -0.4 is 10.1 Å². The van der Waals surface area contributed by atoms with E-state index in [4.69, 9.17) is 16.3 Å². The summed E-state index contributed by atoms with van der Waals surface area (Å²) in [5.74, 6) is 2.40. The van der Waals surface area contributed by atoms with Crippen LogP contribution in [0.1, 0.15) is 36.6 Å². The molecule has 0 spiro atoms. The van der Waals surface area contributed by atoms with Gasteiger partial charge in [0, 0.05) is 18.0 Å². The van der Waals surface area contributed by atoms with Crippen LogP contribution in [0, 0.1) is 5.92 Å². The molecule has 4 rings (SSSR count). The topological polar surface area (TPSA) is 69.0 Å². The molecule has 1 N–H and O–H groups in total. The molecule has 1 aromatic heterocycles. The Balaban J connectivity index is 1.45. The average Bonchev–Trinajstić information content (AvgIpc) is 3.17. The fourth-order valence-corrected chi connectivity index (χ4v) is 3.62. The lowest BCUT2D eigenvalue weighted by Crippen LogP contribution is -2.39. The number of carbonyl (C=O) groups is 1. The molecule has 0 aliphatic carbocycles. The Bertz CT molecular complexity index is 789. The number of carbonyl (C=O) groups excluding carboxylic acids is 1. The number of ether oxygens (including phenoxy) is 1. The second-order valence-corrected chi connectivity index (χ2v) is 6.86. The maximum atomic E-state index is 12.6. The maximum Gasteiger partial charge on any atom is 0.227 e. The van der Waals surface area contributed by atoms with Gasteiger partial charge in [-0.2, -0.15) is 0 Å². The lowest BCUT2D eigenvalue weighted by Gasteiger charge is -2.26. The molecule has 126 valence electrons. The highest BCUT2D eigenvalue weighted by Crippen LogP contribution is 2.30. The normalized spacial score (nSPS) is 20.0. The van der Waals surface area contributed by atoms with Gasteiger partial charge in [0.1, 0.15) is 18.2 Å². The number of nitrogens with zero attached hydrogens (tertiary/aromatic N) is 3. The molecule has 3 heterocycles. The summed E-state index contributed by atoms with van der Waals surface area (Å²) in [5.41, 5.74) is 0.977. The van der Waals surface area contributed by atoms with Gasteiger partial charge in [-0.3, -0.25) is 4.79 Å². The fraction of sp³-hybridized carbons (Fsp3) is 0.471. The third kappa shape index (κ3) is 2.75. The SMILES string of the molecule is C[C@H](NC(=O)[C@H]1COc2ccc(Cl)cc2C1)c1nnc2n1CCC2. The molecule has 1 amide bonds. The maximum absolute atomic E-state index is 12.6. The quantitative estimate of drug-likeness (QED) is 0.926. The first-order valence-corrected chi connectivity index (χ1v) is 8.63. The number of halogens is 1. The molecular formula is C17H19ClN4O2. The molecular weight excluding hydrogens is 328 g/mol. The lowest BCUT2D eigenvalue weighted by atomic mass is 9.96. The Kier molecular flexibility index (Phi) is 3.92.